The van der Waals surface area contributed by atoms with E-state index in [-0.39, 0.29) is 18.8 Å². The summed E-state index contributed by atoms with van der Waals surface area (Å²) in [6.45, 7) is 0.812. The lowest BCUT2D eigenvalue weighted by Crippen LogP contribution is -2.05. The molecule has 36 heavy (non-hydrogen) atoms. The van der Waals surface area contributed by atoms with Crippen molar-refractivity contribution in [2.45, 2.75) is 39.4 Å². The van der Waals surface area contributed by atoms with Gasteiger partial charge in [-0.25, -0.2) is 9.50 Å². The average molecular weight is 491 g/mol. The Kier molecular flexibility index (Phi) is 7.44. The zero-order valence-corrected chi connectivity index (χ0v) is 19.6. The fourth-order valence-electron chi connectivity index (χ4n) is 3.94. The number of fused-ring (bicyclic) bond motifs is 1. The molecule has 4 rings (SSSR count). The number of ether oxygens (including phenoxy) is 2. The van der Waals surface area contributed by atoms with Gasteiger partial charge in [0.2, 0.25) is 0 Å². The molecule has 0 bridgehead atoms. The number of aliphatic carboxylic acids is 1. The molecular formula is C27H23F2N3O4. The molecule has 0 amide bonds. The molecule has 7 nitrogen and oxygen atoms in total. The molecule has 9 heteroatoms. The Labute approximate surface area is 206 Å². The summed E-state index contributed by atoms with van der Waals surface area (Å²) < 4.78 is 37.2. The van der Waals surface area contributed by atoms with Gasteiger partial charge in [0.05, 0.1) is 12.3 Å². The fraction of sp³-hybridized carbons (Fsp3) is 0.222. The van der Waals surface area contributed by atoms with Crippen molar-refractivity contribution in [3.63, 3.8) is 0 Å². The van der Waals surface area contributed by atoms with Gasteiger partial charge >= 0.3 is 12.6 Å². The summed E-state index contributed by atoms with van der Waals surface area (Å²) in [5.41, 5.74) is 4.63. The first-order valence-corrected chi connectivity index (χ1v) is 11.1. The van der Waals surface area contributed by atoms with E-state index in [1.807, 2.05) is 31.3 Å². The predicted octanol–water partition coefficient (Wildman–Crippen LogP) is 5.47. The van der Waals surface area contributed by atoms with Crippen LogP contribution in [0, 0.1) is 18.8 Å². The molecule has 0 saturated heterocycles. The van der Waals surface area contributed by atoms with E-state index in [0.717, 1.165) is 27.8 Å². The number of nitrogens with zero attached hydrogens (tertiary/aromatic N) is 3. The summed E-state index contributed by atoms with van der Waals surface area (Å²) in [4.78, 5) is 15.5. The van der Waals surface area contributed by atoms with Crippen LogP contribution in [-0.2, 0) is 11.4 Å². The molecule has 0 aliphatic rings. The van der Waals surface area contributed by atoms with E-state index in [1.54, 1.807) is 35.7 Å². The third-order valence-electron chi connectivity index (χ3n) is 5.56. The Morgan fingerprint density at radius 2 is 1.89 bits per heavy atom. The molecule has 0 aliphatic heterocycles. The van der Waals surface area contributed by atoms with Gasteiger partial charge in [0.25, 0.3) is 0 Å². The highest BCUT2D eigenvalue weighted by atomic mass is 19.3. The summed E-state index contributed by atoms with van der Waals surface area (Å²) in [6.07, 6.45) is 3.18. The second-order valence-electron chi connectivity index (χ2n) is 8.04. The summed E-state index contributed by atoms with van der Waals surface area (Å²) in [5, 5.41) is 13.4. The first-order chi connectivity index (χ1) is 17.3. The first kappa shape index (κ1) is 24.7. The third-order valence-corrected chi connectivity index (χ3v) is 5.56. The van der Waals surface area contributed by atoms with Crippen LogP contribution in [0.2, 0.25) is 0 Å². The number of alkyl halides is 2. The zero-order chi connectivity index (χ0) is 25.7. The Morgan fingerprint density at radius 3 is 2.56 bits per heavy atom. The standard InChI is InChI=1S/C27H23F2N3O4/c1-3-4-19(13-25(33)34)18-5-7-22(8-6-18)35-15-21-12-20(14-32-26(21)30-16-31-32)24-10-9-23(11-17(24)2)36-27(28)29/h5-12,14,16,19,27H,13,15H2,1-2H3,(H,33,34)/t19-/m0/s1. The number of pyridine rings is 1. The van der Waals surface area contributed by atoms with Crippen LogP contribution in [0.25, 0.3) is 16.8 Å². The highest BCUT2D eigenvalue weighted by Crippen LogP contribution is 2.30. The minimum Gasteiger partial charge on any atom is -0.489 e. The van der Waals surface area contributed by atoms with Crippen molar-refractivity contribution in [1.29, 1.82) is 0 Å². The van der Waals surface area contributed by atoms with E-state index >= 15 is 0 Å². The molecule has 2 heterocycles. The van der Waals surface area contributed by atoms with Gasteiger partial charge in [-0.1, -0.05) is 24.1 Å². The molecular weight excluding hydrogens is 468 g/mol. The maximum Gasteiger partial charge on any atom is 0.387 e. The number of halogens is 2. The first-order valence-electron chi connectivity index (χ1n) is 11.1. The van der Waals surface area contributed by atoms with E-state index in [0.29, 0.717) is 11.4 Å². The number of carboxylic acid groups (broad SMARTS) is 1. The van der Waals surface area contributed by atoms with Crippen molar-refractivity contribution < 1.29 is 28.2 Å². The van der Waals surface area contributed by atoms with Crippen LogP contribution in [0.15, 0.2) is 61.1 Å². The van der Waals surface area contributed by atoms with Crippen LogP contribution in [0.3, 0.4) is 0 Å². The number of carbonyl (C=O) groups is 1. The molecule has 4 aromatic rings. The smallest absolute Gasteiger partial charge is 0.387 e. The molecule has 0 spiro atoms. The van der Waals surface area contributed by atoms with Crippen molar-refractivity contribution >= 4 is 11.6 Å². The topological polar surface area (TPSA) is 86.0 Å². The minimum absolute atomic E-state index is 0.0760. The highest BCUT2D eigenvalue weighted by molar-refractivity contribution is 5.70. The summed E-state index contributed by atoms with van der Waals surface area (Å²) >= 11 is 0. The number of rotatable bonds is 9. The molecule has 0 unspecified atom stereocenters. The molecule has 1 atom stereocenters. The van der Waals surface area contributed by atoms with E-state index in [1.165, 1.54) is 12.4 Å². The predicted molar refractivity (Wildman–Crippen MR) is 129 cm³/mol. The van der Waals surface area contributed by atoms with Crippen molar-refractivity contribution in [3.8, 4) is 34.5 Å². The van der Waals surface area contributed by atoms with Crippen molar-refractivity contribution in [2.75, 3.05) is 0 Å². The number of aromatic nitrogens is 3. The quantitative estimate of drug-likeness (QED) is 0.313. The van der Waals surface area contributed by atoms with E-state index < -0.39 is 18.5 Å². The Bertz CT molecular complexity index is 1440. The normalized spacial score (nSPS) is 11.7. The van der Waals surface area contributed by atoms with Crippen LogP contribution in [0.5, 0.6) is 11.5 Å². The van der Waals surface area contributed by atoms with Crippen LogP contribution >= 0.6 is 0 Å². The monoisotopic (exact) mass is 491 g/mol. The Hall–Kier alpha value is -4.45. The maximum atomic E-state index is 12.6. The minimum atomic E-state index is -2.89. The number of benzene rings is 2. The Balaban J connectivity index is 1.56. The summed E-state index contributed by atoms with van der Waals surface area (Å²) in [5.74, 6) is 5.10. The lowest BCUT2D eigenvalue weighted by atomic mass is 9.96. The van der Waals surface area contributed by atoms with Gasteiger partial charge in [-0.05, 0) is 60.9 Å². The Morgan fingerprint density at radius 1 is 1.14 bits per heavy atom. The van der Waals surface area contributed by atoms with Gasteiger partial charge < -0.3 is 14.6 Å². The SMILES string of the molecule is CC#C[C@@H](CC(=O)O)c1ccc(OCc2cc(-c3ccc(OC(F)F)cc3C)cn3ncnc23)cc1. The summed E-state index contributed by atoms with van der Waals surface area (Å²) in [6, 6.07) is 13.9. The van der Waals surface area contributed by atoms with Crippen molar-refractivity contribution in [2.24, 2.45) is 0 Å². The maximum absolute atomic E-state index is 12.6. The van der Waals surface area contributed by atoms with Gasteiger partial charge in [0.15, 0.2) is 5.65 Å². The van der Waals surface area contributed by atoms with Crippen molar-refractivity contribution in [3.05, 3.63) is 77.7 Å². The lowest BCUT2D eigenvalue weighted by molar-refractivity contribution is -0.137. The van der Waals surface area contributed by atoms with Crippen molar-refractivity contribution in [1.82, 2.24) is 14.6 Å². The molecule has 1 N–H and O–H groups in total. The molecule has 0 saturated carbocycles. The molecule has 2 aromatic carbocycles. The summed E-state index contributed by atoms with van der Waals surface area (Å²) in [7, 11) is 0. The van der Waals surface area contributed by atoms with Crippen LogP contribution < -0.4 is 9.47 Å². The third kappa shape index (κ3) is 5.78. The molecule has 0 aliphatic carbocycles. The lowest BCUT2D eigenvalue weighted by Gasteiger charge is -2.13. The van der Waals surface area contributed by atoms with Gasteiger partial charge in [-0.3, -0.25) is 4.79 Å². The average Bonchev–Trinajstić information content (AvgIpc) is 3.31. The largest absolute Gasteiger partial charge is 0.489 e. The number of aryl methyl sites for hydroxylation is 1. The molecule has 0 radical (unpaired) electrons. The van der Waals surface area contributed by atoms with E-state index in [2.05, 4.69) is 26.7 Å². The molecule has 184 valence electrons. The van der Waals surface area contributed by atoms with Crippen LogP contribution in [0.4, 0.5) is 8.78 Å². The van der Waals surface area contributed by atoms with Crippen LogP contribution in [-0.4, -0.2) is 32.3 Å². The van der Waals surface area contributed by atoms with Gasteiger partial charge in [0.1, 0.15) is 24.4 Å². The van der Waals surface area contributed by atoms with Gasteiger partial charge in [-0.2, -0.15) is 13.9 Å². The number of hydrogen-bond acceptors (Lipinski definition) is 5. The fourth-order valence-corrected chi connectivity index (χ4v) is 3.94. The molecule has 2 aromatic heterocycles. The van der Waals surface area contributed by atoms with Gasteiger partial charge in [0, 0.05) is 17.3 Å². The molecule has 0 fully saturated rings. The van der Waals surface area contributed by atoms with Crippen LogP contribution in [0.1, 0.15) is 36.0 Å². The highest BCUT2D eigenvalue weighted by Gasteiger charge is 2.15. The zero-order valence-electron chi connectivity index (χ0n) is 19.6. The second-order valence-corrected chi connectivity index (χ2v) is 8.04. The van der Waals surface area contributed by atoms with E-state index in [4.69, 9.17) is 9.84 Å². The van der Waals surface area contributed by atoms with Gasteiger partial charge in [-0.15, -0.1) is 5.92 Å². The number of hydrogen-bond donors (Lipinski definition) is 1. The number of carboxylic acids is 1. The second kappa shape index (κ2) is 10.9. The van der Waals surface area contributed by atoms with E-state index in [9.17, 15) is 13.6 Å².